The van der Waals surface area contributed by atoms with Crippen LogP contribution in [0.1, 0.15) is 99.2 Å². The van der Waals surface area contributed by atoms with Crippen molar-refractivity contribution in [1.82, 2.24) is 10.2 Å². The lowest BCUT2D eigenvalue weighted by Gasteiger charge is -2.46. The molecule has 0 saturated heterocycles. The molecule has 4 unspecified atom stereocenters. The molecule has 4 rings (SSSR count). The molecule has 2 aromatic carbocycles. The fourth-order valence-corrected chi connectivity index (χ4v) is 7.23. The van der Waals surface area contributed by atoms with E-state index in [1.165, 1.54) is 25.7 Å². The van der Waals surface area contributed by atoms with E-state index in [0.29, 0.717) is 33.0 Å². The van der Waals surface area contributed by atoms with Crippen molar-refractivity contribution in [2.75, 3.05) is 6.54 Å². The summed E-state index contributed by atoms with van der Waals surface area (Å²) in [4.78, 5) is 29.0. The molecule has 240 valence electrons. The Kier molecular flexibility index (Phi) is 13.6. The highest BCUT2D eigenvalue weighted by Gasteiger charge is 2.40. The SMILES string of the molecule is CC(C)CCC(c1ccc(C(=O)NCC(=N)N)cc1)N(C(=O)C(=N)c1cc(Cl)cc(Cl)c1)C1CCC2CCCCC2C1.NN. The fourth-order valence-electron chi connectivity index (χ4n) is 6.71. The third-order valence-electron chi connectivity index (χ3n) is 8.86. The lowest BCUT2D eigenvalue weighted by atomic mass is 9.69. The van der Waals surface area contributed by atoms with Crippen molar-refractivity contribution in [1.29, 1.82) is 10.8 Å². The van der Waals surface area contributed by atoms with Gasteiger partial charge in [-0.25, -0.2) is 0 Å². The minimum atomic E-state index is -0.315. The number of amidine groups is 1. The van der Waals surface area contributed by atoms with Crippen LogP contribution in [0, 0.1) is 28.6 Å². The molecule has 44 heavy (non-hydrogen) atoms. The van der Waals surface area contributed by atoms with Crippen molar-refractivity contribution < 1.29 is 9.59 Å². The lowest BCUT2D eigenvalue weighted by Crippen LogP contribution is -2.49. The minimum Gasteiger partial charge on any atom is -0.386 e. The van der Waals surface area contributed by atoms with Gasteiger partial charge in [0, 0.05) is 27.2 Å². The number of nitrogens with one attached hydrogen (secondary N) is 3. The Morgan fingerprint density at radius 1 is 0.909 bits per heavy atom. The summed E-state index contributed by atoms with van der Waals surface area (Å²) in [6.45, 7) is 4.34. The molecule has 9 nitrogen and oxygen atoms in total. The first-order chi connectivity index (χ1) is 21.0. The van der Waals surface area contributed by atoms with Crippen molar-refractivity contribution in [2.45, 2.75) is 83.7 Å². The fraction of sp³-hybridized carbons (Fsp3) is 0.515. The van der Waals surface area contributed by atoms with Crippen LogP contribution in [-0.4, -0.2) is 40.8 Å². The number of fused-ring (bicyclic) bond motifs is 1. The highest BCUT2D eigenvalue weighted by Crippen LogP contribution is 2.44. The largest absolute Gasteiger partial charge is 0.386 e. The molecule has 4 atom stereocenters. The molecular weight excluding hydrogens is 597 g/mol. The predicted octanol–water partition coefficient (Wildman–Crippen LogP) is 6.21. The molecule has 9 N–H and O–H groups in total. The first kappa shape index (κ1) is 35.5. The zero-order valence-corrected chi connectivity index (χ0v) is 27.3. The number of benzene rings is 2. The van der Waals surface area contributed by atoms with Crippen molar-refractivity contribution in [2.24, 2.45) is 35.2 Å². The number of hydrogen-bond acceptors (Lipinski definition) is 6. The summed E-state index contributed by atoms with van der Waals surface area (Å²) in [5.74, 6) is 9.02. The van der Waals surface area contributed by atoms with Gasteiger partial charge >= 0.3 is 0 Å². The monoisotopic (exact) mass is 643 g/mol. The topological polar surface area (TPSA) is 175 Å². The number of rotatable bonds is 11. The summed E-state index contributed by atoms with van der Waals surface area (Å²) in [7, 11) is 0. The third kappa shape index (κ3) is 9.51. The Morgan fingerprint density at radius 2 is 1.52 bits per heavy atom. The first-order valence-corrected chi connectivity index (χ1v) is 16.2. The van der Waals surface area contributed by atoms with Crippen LogP contribution >= 0.6 is 23.2 Å². The second-order valence-electron chi connectivity index (χ2n) is 12.3. The highest BCUT2D eigenvalue weighted by atomic mass is 35.5. The molecular formula is C33H47Cl2N7O2. The zero-order valence-electron chi connectivity index (χ0n) is 25.8. The van der Waals surface area contributed by atoms with Crippen LogP contribution in [0.5, 0.6) is 0 Å². The molecule has 2 amide bonds. The Labute approximate surface area is 271 Å². The number of nitrogens with zero attached hydrogens (tertiary/aromatic N) is 1. The van der Waals surface area contributed by atoms with Crippen LogP contribution < -0.4 is 22.7 Å². The lowest BCUT2D eigenvalue weighted by molar-refractivity contribution is -0.131. The van der Waals surface area contributed by atoms with E-state index in [4.69, 9.17) is 39.8 Å². The van der Waals surface area contributed by atoms with E-state index in [0.717, 1.165) is 43.6 Å². The number of carbonyl (C=O) groups excluding carboxylic acids is 2. The first-order valence-electron chi connectivity index (χ1n) is 15.5. The second-order valence-corrected chi connectivity index (χ2v) is 13.2. The van der Waals surface area contributed by atoms with Crippen molar-refractivity contribution in [3.8, 4) is 0 Å². The summed E-state index contributed by atoms with van der Waals surface area (Å²) < 4.78 is 0. The Morgan fingerprint density at radius 3 is 2.11 bits per heavy atom. The molecule has 2 aliphatic carbocycles. The van der Waals surface area contributed by atoms with Crippen LogP contribution in [0.2, 0.25) is 10.0 Å². The molecule has 2 aliphatic rings. The van der Waals surface area contributed by atoms with Gasteiger partial charge in [-0.15, -0.1) is 0 Å². The molecule has 0 aromatic heterocycles. The number of hydrogen-bond donors (Lipinski definition) is 6. The average molecular weight is 645 g/mol. The van der Waals surface area contributed by atoms with Gasteiger partial charge in [-0.1, -0.05) is 74.9 Å². The van der Waals surface area contributed by atoms with Gasteiger partial charge < -0.3 is 16.0 Å². The maximum absolute atomic E-state index is 14.4. The molecule has 11 heteroatoms. The summed E-state index contributed by atoms with van der Waals surface area (Å²) in [6, 6.07) is 12.0. The van der Waals surface area contributed by atoms with Crippen LogP contribution in [0.3, 0.4) is 0 Å². The summed E-state index contributed by atoms with van der Waals surface area (Å²) in [5, 5.41) is 19.8. The van der Waals surface area contributed by atoms with Gasteiger partial charge in [0.05, 0.1) is 12.6 Å². The second kappa shape index (κ2) is 16.9. The molecule has 0 radical (unpaired) electrons. The molecule has 2 fully saturated rings. The van der Waals surface area contributed by atoms with E-state index < -0.39 is 0 Å². The van der Waals surface area contributed by atoms with Gasteiger partial charge in [0.2, 0.25) is 0 Å². The van der Waals surface area contributed by atoms with Crippen molar-refractivity contribution in [3.63, 3.8) is 0 Å². The Hall–Kier alpha value is -2.98. The summed E-state index contributed by atoms with van der Waals surface area (Å²) >= 11 is 12.5. The quantitative estimate of drug-likeness (QED) is 0.0737. The van der Waals surface area contributed by atoms with E-state index >= 15 is 0 Å². The van der Waals surface area contributed by atoms with Crippen molar-refractivity contribution >= 4 is 46.6 Å². The molecule has 2 aromatic rings. The third-order valence-corrected chi connectivity index (χ3v) is 9.29. The van der Waals surface area contributed by atoms with Gasteiger partial charge in [0.15, 0.2) is 0 Å². The molecule has 0 aliphatic heterocycles. The smallest absolute Gasteiger partial charge is 0.273 e. The maximum atomic E-state index is 14.4. The summed E-state index contributed by atoms with van der Waals surface area (Å²) in [5.41, 5.74) is 7.10. The normalized spacial score (nSPS) is 20.0. The van der Waals surface area contributed by atoms with Crippen LogP contribution in [-0.2, 0) is 4.79 Å². The highest BCUT2D eigenvalue weighted by molar-refractivity contribution is 6.45. The van der Waals surface area contributed by atoms with Crippen molar-refractivity contribution in [3.05, 3.63) is 69.2 Å². The summed E-state index contributed by atoms with van der Waals surface area (Å²) in [6.07, 6.45) is 9.61. The Balaban J connectivity index is 0.00000259. The van der Waals surface area contributed by atoms with Crippen LogP contribution in [0.25, 0.3) is 0 Å². The molecule has 0 spiro atoms. The number of hydrazine groups is 1. The van der Waals surface area contributed by atoms with Gasteiger partial charge in [-0.05, 0) is 85.8 Å². The minimum absolute atomic E-state index is 0.0145. The van der Waals surface area contributed by atoms with E-state index in [9.17, 15) is 9.59 Å². The number of nitrogens with two attached hydrogens (primary N) is 3. The average Bonchev–Trinajstić information content (AvgIpc) is 3.01. The van der Waals surface area contributed by atoms with Crippen LogP contribution in [0.15, 0.2) is 42.5 Å². The predicted molar refractivity (Wildman–Crippen MR) is 179 cm³/mol. The number of amides is 2. The Bertz CT molecular complexity index is 1280. The zero-order chi connectivity index (χ0) is 32.4. The van der Waals surface area contributed by atoms with Gasteiger partial charge in [-0.3, -0.25) is 32.1 Å². The molecule has 0 heterocycles. The van der Waals surface area contributed by atoms with Crippen LogP contribution in [0.4, 0.5) is 0 Å². The van der Waals surface area contributed by atoms with Gasteiger partial charge in [0.25, 0.3) is 11.8 Å². The van der Waals surface area contributed by atoms with E-state index in [2.05, 4.69) is 30.8 Å². The number of carbonyl (C=O) groups is 2. The van der Waals surface area contributed by atoms with E-state index in [1.54, 1.807) is 30.3 Å². The molecule has 0 bridgehead atoms. The van der Waals surface area contributed by atoms with E-state index in [1.807, 2.05) is 17.0 Å². The standard InChI is InChI=1S/C33H43Cl2N5O2.H4N2/c1-20(2)7-14-29(22-8-10-23(11-9-22)32(41)39-19-30(36)37)40(28-13-12-21-5-3-4-6-24(21)17-28)33(42)31(38)25-15-26(34)18-27(35)16-25;1-2/h8-11,15-16,18,20-21,24,28-29,38H,3-7,12-14,17,19H2,1-2H3,(H3,36,37)(H,39,41);1-2H2. The van der Waals surface area contributed by atoms with Gasteiger partial charge in [0.1, 0.15) is 11.5 Å². The van der Waals surface area contributed by atoms with E-state index in [-0.39, 0.29) is 42.0 Å². The maximum Gasteiger partial charge on any atom is 0.273 e. The number of halogens is 2. The molecule has 2 saturated carbocycles. The van der Waals surface area contributed by atoms with Gasteiger partial charge in [-0.2, -0.15) is 0 Å².